The summed E-state index contributed by atoms with van der Waals surface area (Å²) in [4.78, 5) is 21.1. The Labute approximate surface area is 120 Å². The van der Waals surface area contributed by atoms with E-state index < -0.39 is 0 Å². The van der Waals surface area contributed by atoms with E-state index in [2.05, 4.69) is 20.3 Å². The summed E-state index contributed by atoms with van der Waals surface area (Å²) in [5.74, 6) is 1.03. The maximum atomic E-state index is 11.6. The third kappa shape index (κ3) is 3.53. The molecule has 0 radical (unpaired) electrons. The van der Waals surface area contributed by atoms with Crippen LogP contribution in [0, 0.1) is 0 Å². The molecule has 0 aliphatic heterocycles. The first-order valence-corrected chi connectivity index (χ1v) is 7.74. The zero-order valence-corrected chi connectivity index (χ0v) is 12.1. The van der Waals surface area contributed by atoms with Crippen LogP contribution in [0.2, 0.25) is 0 Å². The van der Waals surface area contributed by atoms with Gasteiger partial charge in [0.25, 0.3) is 5.56 Å². The number of H-pyrrole nitrogens is 2. The Hall–Kier alpha value is -1.51. The number of nitrogen functional groups attached to an aromatic ring is 1. The molecule has 1 unspecified atom stereocenters. The molecule has 7 nitrogen and oxygen atoms in total. The molecule has 2 aromatic rings. The first kappa shape index (κ1) is 14.9. The molecular weight excluding hydrogens is 278 g/mol. The highest BCUT2D eigenvalue weighted by atomic mass is 32.2. The fraction of sp³-hybridized carbons (Fsp3) is 0.500. The van der Waals surface area contributed by atoms with Gasteiger partial charge >= 0.3 is 0 Å². The van der Waals surface area contributed by atoms with Crippen molar-refractivity contribution in [2.45, 2.75) is 19.1 Å². The van der Waals surface area contributed by atoms with Gasteiger partial charge in [0, 0.05) is 24.8 Å². The predicted molar refractivity (Wildman–Crippen MR) is 81.8 cm³/mol. The molecule has 0 spiro atoms. The summed E-state index contributed by atoms with van der Waals surface area (Å²) in [6.45, 7) is 1.03. The van der Waals surface area contributed by atoms with Crippen LogP contribution in [0.3, 0.4) is 0 Å². The van der Waals surface area contributed by atoms with Crippen LogP contribution in [-0.4, -0.2) is 44.7 Å². The lowest BCUT2D eigenvalue weighted by Crippen LogP contribution is -2.26. The van der Waals surface area contributed by atoms with Crippen molar-refractivity contribution in [2.24, 2.45) is 0 Å². The summed E-state index contributed by atoms with van der Waals surface area (Å²) in [6.07, 6.45) is 4.13. The first-order chi connectivity index (χ1) is 9.61. The van der Waals surface area contributed by atoms with Crippen LogP contribution in [0.1, 0.15) is 12.0 Å². The van der Waals surface area contributed by atoms with Gasteiger partial charge in [-0.25, -0.2) is 4.98 Å². The molecule has 6 N–H and O–H groups in total. The van der Waals surface area contributed by atoms with Gasteiger partial charge < -0.3 is 21.1 Å². The van der Waals surface area contributed by atoms with Crippen molar-refractivity contribution < 1.29 is 5.11 Å². The Morgan fingerprint density at radius 3 is 3.15 bits per heavy atom. The van der Waals surface area contributed by atoms with E-state index in [0.717, 1.165) is 17.7 Å². The number of anilines is 1. The number of fused-ring (bicyclic) bond motifs is 1. The van der Waals surface area contributed by atoms with Gasteiger partial charge in [0.2, 0.25) is 5.95 Å². The van der Waals surface area contributed by atoms with Crippen molar-refractivity contribution in [3.63, 3.8) is 0 Å². The highest BCUT2D eigenvalue weighted by molar-refractivity contribution is 7.98. The number of hydrogen-bond donors (Lipinski definition) is 5. The number of aliphatic hydroxyl groups excluding tert-OH is 1. The van der Waals surface area contributed by atoms with Gasteiger partial charge in [0.15, 0.2) is 0 Å². The molecule has 2 rings (SSSR count). The van der Waals surface area contributed by atoms with Crippen molar-refractivity contribution in [3.8, 4) is 0 Å². The lowest BCUT2D eigenvalue weighted by atomic mass is 10.2. The molecule has 0 amide bonds. The van der Waals surface area contributed by atoms with E-state index >= 15 is 0 Å². The SMILES string of the molecule is CSCCC(O)CNCc1c[nH]c2c(=O)[nH]c(N)nc12. The van der Waals surface area contributed by atoms with Gasteiger partial charge in [-0.1, -0.05) is 0 Å². The molecule has 0 aromatic carbocycles. The summed E-state index contributed by atoms with van der Waals surface area (Å²) in [5, 5.41) is 12.9. The maximum absolute atomic E-state index is 11.6. The molecule has 8 heteroatoms. The Balaban J connectivity index is 1.99. The summed E-state index contributed by atoms with van der Waals surface area (Å²) in [7, 11) is 0. The highest BCUT2D eigenvalue weighted by Gasteiger charge is 2.10. The monoisotopic (exact) mass is 297 g/mol. The van der Waals surface area contributed by atoms with Gasteiger partial charge in [-0.05, 0) is 18.4 Å². The molecule has 0 aliphatic rings. The normalized spacial score (nSPS) is 12.9. The van der Waals surface area contributed by atoms with Gasteiger partial charge in [-0.3, -0.25) is 9.78 Å². The van der Waals surface area contributed by atoms with E-state index in [1.807, 2.05) is 6.26 Å². The number of aromatic amines is 2. The number of nitrogens with two attached hydrogens (primary N) is 1. The zero-order chi connectivity index (χ0) is 14.5. The lowest BCUT2D eigenvalue weighted by Gasteiger charge is -2.10. The third-order valence-corrected chi connectivity index (χ3v) is 3.63. The van der Waals surface area contributed by atoms with E-state index in [0.29, 0.717) is 24.1 Å². The Morgan fingerprint density at radius 1 is 1.60 bits per heavy atom. The van der Waals surface area contributed by atoms with Gasteiger partial charge in [-0.15, -0.1) is 0 Å². The van der Waals surface area contributed by atoms with Crippen LogP contribution in [0.25, 0.3) is 11.0 Å². The first-order valence-electron chi connectivity index (χ1n) is 6.35. The molecule has 0 saturated carbocycles. The van der Waals surface area contributed by atoms with Gasteiger partial charge in [-0.2, -0.15) is 11.8 Å². The smallest absolute Gasteiger partial charge is 0.276 e. The summed E-state index contributed by atoms with van der Waals surface area (Å²) >= 11 is 1.71. The lowest BCUT2D eigenvalue weighted by molar-refractivity contribution is 0.168. The predicted octanol–water partition coefficient (Wildman–Crippen LogP) is 0.0370. The Morgan fingerprint density at radius 2 is 2.40 bits per heavy atom. The zero-order valence-electron chi connectivity index (χ0n) is 11.3. The van der Waals surface area contributed by atoms with Crippen LogP contribution in [0.5, 0.6) is 0 Å². The van der Waals surface area contributed by atoms with Crippen molar-refractivity contribution in [3.05, 3.63) is 22.1 Å². The molecular formula is C12H19N5O2S. The van der Waals surface area contributed by atoms with E-state index in [4.69, 9.17) is 5.73 Å². The minimum absolute atomic E-state index is 0.100. The summed E-state index contributed by atoms with van der Waals surface area (Å²) < 4.78 is 0. The molecule has 0 fully saturated rings. The number of nitrogens with one attached hydrogen (secondary N) is 3. The minimum Gasteiger partial charge on any atom is -0.392 e. The second kappa shape index (κ2) is 6.78. The summed E-state index contributed by atoms with van der Waals surface area (Å²) in [5.41, 5.74) is 7.10. The van der Waals surface area contributed by atoms with E-state index in [1.165, 1.54) is 0 Å². The fourth-order valence-corrected chi connectivity index (χ4v) is 2.46. The second-order valence-electron chi connectivity index (χ2n) is 4.55. The second-order valence-corrected chi connectivity index (χ2v) is 5.54. The van der Waals surface area contributed by atoms with E-state index in [-0.39, 0.29) is 17.6 Å². The number of hydrogen-bond acceptors (Lipinski definition) is 6. The average Bonchev–Trinajstić information content (AvgIpc) is 2.80. The van der Waals surface area contributed by atoms with Crippen LogP contribution >= 0.6 is 11.8 Å². The Bertz CT molecular complexity index is 624. The van der Waals surface area contributed by atoms with Crippen molar-refractivity contribution in [1.29, 1.82) is 0 Å². The molecule has 20 heavy (non-hydrogen) atoms. The number of aromatic nitrogens is 3. The molecule has 0 bridgehead atoms. The molecule has 2 heterocycles. The number of nitrogens with zero attached hydrogens (tertiary/aromatic N) is 1. The number of rotatable bonds is 7. The number of thioether (sulfide) groups is 1. The Kier molecular flexibility index (Phi) is 5.05. The fourth-order valence-electron chi connectivity index (χ4n) is 1.95. The van der Waals surface area contributed by atoms with Crippen LogP contribution in [0.4, 0.5) is 5.95 Å². The van der Waals surface area contributed by atoms with Crippen LogP contribution < -0.4 is 16.6 Å². The topological polar surface area (TPSA) is 120 Å². The quantitative estimate of drug-likeness (QED) is 0.492. The van der Waals surface area contributed by atoms with Crippen LogP contribution in [0.15, 0.2) is 11.0 Å². The van der Waals surface area contributed by atoms with E-state index in [9.17, 15) is 9.90 Å². The van der Waals surface area contributed by atoms with Crippen molar-refractivity contribution >= 4 is 28.7 Å². The minimum atomic E-state index is -0.367. The van der Waals surface area contributed by atoms with Crippen LogP contribution in [-0.2, 0) is 6.54 Å². The molecule has 0 aliphatic carbocycles. The van der Waals surface area contributed by atoms with Gasteiger partial charge in [0.05, 0.1) is 6.10 Å². The highest BCUT2D eigenvalue weighted by Crippen LogP contribution is 2.12. The largest absolute Gasteiger partial charge is 0.392 e. The average molecular weight is 297 g/mol. The molecule has 2 aromatic heterocycles. The number of aliphatic hydroxyl groups is 1. The standard InChI is InChI=1S/C12H19N5O2S/c1-20-3-2-8(18)6-14-4-7-5-15-10-9(7)16-12(13)17-11(10)19/h5,8,14-15,18H,2-4,6H2,1H3,(H3,13,16,17,19). The maximum Gasteiger partial charge on any atom is 0.276 e. The third-order valence-electron chi connectivity index (χ3n) is 2.98. The van der Waals surface area contributed by atoms with Crippen molar-refractivity contribution in [1.82, 2.24) is 20.3 Å². The van der Waals surface area contributed by atoms with Crippen molar-refractivity contribution in [2.75, 3.05) is 24.3 Å². The summed E-state index contributed by atoms with van der Waals surface area (Å²) in [6, 6.07) is 0. The van der Waals surface area contributed by atoms with Gasteiger partial charge in [0.1, 0.15) is 11.0 Å². The molecule has 110 valence electrons. The van der Waals surface area contributed by atoms with E-state index in [1.54, 1.807) is 18.0 Å². The molecule has 1 atom stereocenters. The molecule has 0 saturated heterocycles.